The zero-order valence-electron chi connectivity index (χ0n) is 9.08. The summed E-state index contributed by atoms with van der Waals surface area (Å²) in [5.74, 6) is 1.82. The molecule has 0 N–H and O–H groups in total. The van der Waals surface area contributed by atoms with Crippen molar-refractivity contribution in [3.8, 4) is 5.75 Å². The zero-order chi connectivity index (χ0) is 10.7. The van der Waals surface area contributed by atoms with Crippen LogP contribution < -0.4 is 4.74 Å². The highest BCUT2D eigenvalue weighted by molar-refractivity contribution is 6.20. The molecular weight excluding hydrogens is 208 g/mol. The van der Waals surface area contributed by atoms with E-state index in [1.165, 1.54) is 24.8 Å². The second-order valence-corrected chi connectivity index (χ2v) is 4.95. The highest BCUT2D eigenvalue weighted by atomic mass is 35.5. The molecule has 0 spiro atoms. The second-order valence-electron chi connectivity index (χ2n) is 4.33. The molecule has 2 rings (SSSR count). The van der Waals surface area contributed by atoms with Crippen molar-refractivity contribution in [2.75, 3.05) is 7.11 Å². The van der Waals surface area contributed by atoms with Gasteiger partial charge in [0.1, 0.15) is 5.75 Å². The first-order valence-electron chi connectivity index (χ1n) is 5.55. The number of benzene rings is 1. The molecule has 2 heteroatoms. The fourth-order valence-electron chi connectivity index (χ4n) is 1.85. The minimum atomic E-state index is 0.282. The number of methoxy groups -OCH3 is 1. The predicted octanol–water partition coefficient (Wildman–Crippen LogP) is 3.65. The fourth-order valence-corrected chi connectivity index (χ4v) is 2.28. The van der Waals surface area contributed by atoms with Crippen molar-refractivity contribution in [3.05, 3.63) is 29.8 Å². The molecule has 0 aromatic heterocycles. The van der Waals surface area contributed by atoms with Gasteiger partial charge in [-0.05, 0) is 36.5 Å². The Morgan fingerprint density at radius 3 is 2.93 bits per heavy atom. The molecule has 1 aromatic carbocycles. The van der Waals surface area contributed by atoms with Crippen molar-refractivity contribution in [3.63, 3.8) is 0 Å². The molecule has 15 heavy (non-hydrogen) atoms. The SMILES string of the molecule is COc1cccc(CC(Cl)CC2CC2)c1. The number of alkyl halides is 1. The first-order valence-corrected chi connectivity index (χ1v) is 5.98. The van der Waals surface area contributed by atoms with E-state index in [0.717, 1.165) is 18.1 Å². The summed E-state index contributed by atoms with van der Waals surface area (Å²) in [4.78, 5) is 0. The van der Waals surface area contributed by atoms with Crippen molar-refractivity contribution >= 4 is 11.6 Å². The molecule has 1 nitrogen and oxygen atoms in total. The van der Waals surface area contributed by atoms with E-state index >= 15 is 0 Å². The van der Waals surface area contributed by atoms with E-state index in [9.17, 15) is 0 Å². The molecular formula is C13H17ClO. The Labute approximate surface area is 96.4 Å². The van der Waals surface area contributed by atoms with Crippen molar-refractivity contribution in [2.45, 2.75) is 31.1 Å². The van der Waals surface area contributed by atoms with E-state index in [0.29, 0.717) is 0 Å². The van der Waals surface area contributed by atoms with Crippen LogP contribution in [0, 0.1) is 5.92 Å². The van der Waals surface area contributed by atoms with Gasteiger partial charge in [-0.25, -0.2) is 0 Å². The molecule has 1 aliphatic rings. The molecule has 0 bridgehead atoms. The van der Waals surface area contributed by atoms with E-state index in [4.69, 9.17) is 16.3 Å². The maximum Gasteiger partial charge on any atom is 0.119 e. The first kappa shape index (κ1) is 10.8. The van der Waals surface area contributed by atoms with Crippen LogP contribution in [0.25, 0.3) is 0 Å². The van der Waals surface area contributed by atoms with Crippen molar-refractivity contribution in [1.82, 2.24) is 0 Å². The number of ether oxygens (including phenoxy) is 1. The van der Waals surface area contributed by atoms with Crippen LogP contribution in [0.3, 0.4) is 0 Å². The Bertz CT molecular complexity index is 320. The van der Waals surface area contributed by atoms with E-state index in [2.05, 4.69) is 12.1 Å². The van der Waals surface area contributed by atoms with E-state index in [1.54, 1.807) is 7.11 Å². The van der Waals surface area contributed by atoms with Gasteiger partial charge in [-0.1, -0.05) is 25.0 Å². The van der Waals surface area contributed by atoms with Crippen LogP contribution in [0.5, 0.6) is 5.75 Å². The first-order chi connectivity index (χ1) is 7.28. The lowest BCUT2D eigenvalue weighted by atomic mass is 10.1. The summed E-state index contributed by atoms with van der Waals surface area (Å²) in [6.45, 7) is 0. The number of hydrogen-bond acceptors (Lipinski definition) is 1. The van der Waals surface area contributed by atoms with Crippen molar-refractivity contribution < 1.29 is 4.74 Å². The summed E-state index contributed by atoms with van der Waals surface area (Å²) in [6.07, 6.45) is 4.87. The maximum absolute atomic E-state index is 6.31. The van der Waals surface area contributed by atoms with Gasteiger partial charge in [-0.3, -0.25) is 0 Å². The van der Waals surface area contributed by atoms with Crippen LogP contribution in [0.2, 0.25) is 0 Å². The van der Waals surface area contributed by atoms with Crippen LogP contribution in [0.15, 0.2) is 24.3 Å². The van der Waals surface area contributed by atoms with Crippen LogP contribution in [-0.2, 0) is 6.42 Å². The minimum Gasteiger partial charge on any atom is -0.497 e. The van der Waals surface area contributed by atoms with Crippen LogP contribution in [-0.4, -0.2) is 12.5 Å². The third-order valence-corrected chi connectivity index (χ3v) is 3.21. The van der Waals surface area contributed by atoms with Crippen LogP contribution >= 0.6 is 11.6 Å². The molecule has 1 saturated carbocycles. The molecule has 1 fully saturated rings. The fraction of sp³-hybridized carbons (Fsp3) is 0.538. The van der Waals surface area contributed by atoms with Gasteiger partial charge in [-0.15, -0.1) is 11.6 Å². The Morgan fingerprint density at radius 2 is 2.27 bits per heavy atom. The normalized spacial score (nSPS) is 17.5. The number of rotatable bonds is 5. The van der Waals surface area contributed by atoms with Crippen LogP contribution in [0.1, 0.15) is 24.8 Å². The minimum absolute atomic E-state index is 0.282. The van der Waals surface area contributed by atoms with Gasteiger partial charge >= 0.3 is 0 Å². The third-order valence-electron chi connectivity index (χ3n) is 2.88. The molecule has 0 saturated heterocycles. The largest absolute Gasteiger partial charge is 0.497 e. The van der Waals surface area contributed by atoms with Gasteiger partial charge in [0.25, 0.3) is 0 Å². The topological polar surface area (TPSA) is 9.23 Å². The van der Waals surface area contributed by atoms with E-state index in [-0.39, 0.29) is 5.38 Å². The molecule has 82 valence electrons. The lowest BCUT2D eigenvalue weighted by Crippen LogP contribution is -2.04. The average molecular weight is 225 g/mol. The molecule has 1 aromatic rings. The second kappa shape index (κ2) is 4.89. The third kappa shape index (κ3) is 3.42. The summed E-state index contributed by atoms with van der Waals surface area (Å²) in [5.41, 5.74) is 1.27. The standard InChI is InChI=1S/C13H17ClO/c1-15-13-4-2-3-11(9-13)8-12(14)7-10-5-6-10/h2-4,9-10,12H,5-8H2,1H3. The number of halogens is 1. The van der Waals surface area contributed by atoms with Crippen molar-refractivity contribution in [2.24, 2.45) is 5.92 Å². The lowest BCUT2D eigenvalue weighted by Gasteiger charge is -2.09. The Balaban J connectivity index is 1.90. The van der Waals surface area contributed by atoms with Gasteiger partial charge in [0.05, 0.1) is 7.11 Å². The smallest absolute Gasteiger partial charge is 0.119 e. The van der Waals surface area contributed by atoms with Gasteiger partial charge in [0.2, 0.25) is 0 Å². The Kier molecular flexibility index (Phi) is 3.53. The summed E-state index contributed by atoms with van der Waals surface area (Å²) < 4.78 is 5.19. The average Bonchev–Trinajstić information content (AvgIpc) is 3.02. The van der Waals surface area contributed by atoms with E-state index < -0.39 is 0 Å². The summed E-state index contributed by atoms with van der Waals surface area (Å²) >= 11 is 6.31. The highest BCUT2D eigenvalue weighted by Gasteiger charge is 2.24. The quantitative estimate of drug-likeness (QED) is 0.694. The Morgan fingerprint density at radius 1 is 1.47 bits per heavy atom. The molecule has 1 unspecified atom stereocenters. The molecule has 1 aliphatic carbocycles. The zero-order valence-corrected chi connectivity index (χ0v) is 9.83. The van der Waals surface area contributed by atoms with Crippen molar-refractivity contribution in [1.29, 1.82) is 0 Å². The van der Waals surface area contributed by atoms with Crippen LogP contribution in [0.4, 0.5) is 0 Å². The summed E-state index contributed by atoms with van der Waals surface area (Å²) in [6, 6.07) is 8.18. The Hall–Kier alpha value is -0.690. The van der Waals surface area contributed by atoms with Gasteiger partial charge < -0.3 is 4.74 Å². The molecule has 1 atom stereocenters. The molecule has 0 radical (unpaired) electrons. The highest BCUT2D eigenvalue weighted by Crippen LogP contribution is 2.35. The summed E-state index contributed by atoms with van der Waals surface area (Å²) in [5, 5.41) is 0.282. The summed E-state index contributed by atoms with van der Waals surface area (Å²) in [7, 11) is 1.70. The molecule has 0 amide bonds. The predicted molar refractivity (Wildman–Crippen MR) is 63.7 cm³/mol. The molecule has 0 heterocycles. The van der Waals surface area contributed by atoms with Gasteiger partial charge in [0, 0.05) is 5.38 Å². The number of hydrogen-bond donors (Lipinski definition) is 0. The lowest BCUT2D eigenvalue weighted by molar-refractivity contribution is 0.414. The monoisotopic (exact) mass is 224 g/mol. The van der Waals surface area contributed by atoms with E-state index in [1.807, 2.05) is 12.1 Å². The molecule has 0 aliphatic heterocycles. The van der Waals surface area contributed by atoms with Gasteiger partial charge in [-0.2, -0.15) is 0 Å². The maximum atomic E-state index is 6.31. The van der Waals surface area contributed by atoms with Gasteiger partial charge in [0.15, 0.2) is 0 Å².